The van der Waals surface area contributed by atoms with Crippen molar-refractivity contribution in [3.8, 4) is 0 Å². The number of amides is 1. The van der Waals surface area contributed by atoms with Gasteiger partial charge in [0.2, 0.25) is 6.41 Å². The molecule has 0 saturated carbocycles. The quantitative estimate of drug-likeness (QED) is 0.229. The molecule has 1 amide bonds. The van der Waals surface area contributed by atoms with Crippen molar-refractivity contribution in [1.82, 2.24) is 0 Å². The summed E-state index contributed by atoms with van der Waals surface area (Å²) in [6, 6.07) is 0. The molecule has 0 aromatic rings. The van der Waals surface area contributed by atoms with Crippen LogP contribution in [-0.2, 0) is 9.53 Å². The molecule has 0 N–H and O–H groups in total. The van der Waals surface area contributed by atoms with E-state index in [4.69, 9.17) is 0 Å². The summed E-state index contributed by atoms with van der Waals surface area (Å²) in [5, 5.41) is 0. The highest BCUT2D eigenvalue weighted by molar-refractivity contribution is 5.69. The molecule has 3 heteroatoms. The summed E-state index contributed by atoms with van der Waals surface area (Å²) in [4.78, 5) is 12.7. The number of rotatable bonds is 4. The highest BCUT2D eigenvalue weighted by Crippen LogP contribution is 1.67. The van der Waals surface area contributed by atoms with E-state index in [1.807, 2.05) is 0 Å². The molecule has 8 heavy (non-hydrogen) atoms. The molecule has 0 aliphatic heterocycles. The lowest BCUT2D eigenvalue weighted by molar-refractivity contribution is -0.106. The topological polar surface area (TPSA) is 38.7 Å². The van der Waals surface area contributed by atoms with Crippen molar-refractivity contribution < 1.29 is 9.53 Å². The normalized spacial score (nSPS) is 9.00. The summed E-state index contributed by atoms with van der Waals surface area (Å²) < 4.78 is 4.59. The Labute approximate surface area is 47.7 Å². The number of hydrogen-bond acceptors (Lipinski definition) is 2. The molecule has 0 unspecified atom stereocenters. The van der Waals surface area contributed by atoms with Crippen LogP contribution in [0.2, 0.25) is 0 Å². The van der Waals surface area contributed by atoms with E-state index in [9.17, 15) is 4.79 Å². The Morgan fingerprint density at radius 2 is 2.50 bits per heavy atom. The van der Waals surface area contributed by atoms with E-state index in [2.05, 4.69) is 16.3 Å². The maximum atomic E-state index is 9.49. The zero-order valence-corrected chi connectivity index (χ0v) is 4.41. The van der Waals surface area contributed by atoms with Crippen molar-refractivity contribution in [3.63, 3.8) is 0 Å². The van der Waals surface area contributed by atoms with Gasteiger partial charge in [-0.05, 0) is 0 Å². The minimum atomic E-state index is 0.308. The molecular weight excluding hydrogens is 106 g/mol. The third-order valence-corrected chi connectivity index (χ3v) is 0.455. The average molecular weight is 113 g/mol. The van der Waals surface area contributed by atoms with Gasteiger partial charge in [-0.25, -0.2) is 4.99 Å². The fourth-order valence-corrected chi connectivity index (χ4v) is 0.197. The molecule has 0 heterocycles. The molecule has 3 nitrogen and oxygen atoms in total. The first-order valence-electron chi connectivity index (χ1n) is 2.09. The third kappa shape index (κ3) is 4.88. The van der Waals surface area contributed by atoms with Crippen LogP contribution >= 0.6 is 0 Å². The highest BCUT2D eigenvalue weighted by atomic mass is 16.5. The lowest BCUT2D eigenvalue weighted by Gasteiger charge is -1.87. The summed E-state index contributed by atoms with van der Waals surface area (Å²) in [6.07, 6.45) is 3.10. The SMILES string of the molecule is C=COCC=NC=O. The summed E-state index contributed by atoms with van der Waals surface area (Å²) in [5.41, 5.74) is 0. The minimum Gasteiger partial charge on any atom is -0.496 e. The summed E-state index contributed by atoms with van der Waals surface area (Å²) >= 11 is 0. The summed E-state index contributed by atoms with van der Waals surface area (Å²) in [6.45, 7) is 3.59. The van der Waals surface area contributed by atoms with Crippen LogP contribution in [0.5, 0.6) is 0 Å². The van der Waals surface area contributed by atoms with Crippen molar-refractivity contribution >= 4 is 12.6 Å². The maximum absolute atomic E-state index is 9.49. The Kier molecular flexibility index (Phi) is 5.06. The van der Waals surface area contributed by atoms with Crippen molar-refractivity contribution in [3.05, 3.63) is 12.8 Å². The Balaban J connectivity index is 3.02. The number of nitrogens with zero attached hydrogens (tertiary/aromatic N) is 1. The number of carbonyl (C=O) groups excluding carboxylic acids is 1. The van der Waals surface area contributed by atoms with Crippen LogP contribution in [0.25, 0.3) is 0 Å². The molecule has 0 spiro atoms. The Hall–Kier alpha value is -1.12. The van der Waals surface area contributed by atoms with E-state index in [1.165, 1.54) is 12.5 Å². The van der Waals surface area contributed by atoms with E-state index >= 15 is 0 Å². The van der Waals surface area contributed by atoms with Crippen LogP contribution in [0.15, 0.2) is 17.8 Å². The van der Waals surface area contributed by atoms with Gasteiger partial charge in [0.1, 0.15) is 6.61 Å². The van der Waals surface area contributed by atoms with Gasteiger partial charge in [-0.1, -0.05) is 6.58 Å². The number of carbonyl (C=O) groups is 1. The maximum Gasteiger partial charge on any atom is 0.232 e. The second-order valence-electron chi connectivity index (χ2n) is 0.937. The number of ether oxygens (including phenoxy) is 1. The average Bonchev–Trinajstić information content (AvgIpc) is 1.81. The molecule has 0 radical (unpaired) electrons. The Morgan fingerprint density at radius 1 is 1.75 bits per heavy atom. The molecule has 0 saturated heterocycles. The molecule has 0 aliphatic rings. The predicted octanol–water partition coefficient (Wildman–Crippen LogP) is 0.374. The lowest BCUT2D eigenvalue weighted by atomic mass is 10.8. The molecule has 0 aliphatic carbocycles. The molecule has 0 bridgehead atoms. The summed E-state index contributed by atoms with van der Waals surface area (Å²) in [7, 11) is 0. The van der Waals surface area contributed by atoms with Gasteiger partial charge in [0.25, 0.3) is 0 Å². The smallest absolute Gasteiger partial charge is 0.232 e. The molecule has 0 atom stereocenters. The van der Waals surface area contributed by atoms with Gasteiger partial charge >= 0.3 is 0 Å². The summed E-state index contributed by atoms with van der Waals surface area (Å²) in [5.74, 6) is 0. The second-order valence-corrected chi connectivity index (χ2v) is 0.937. The Bertz CT molecular complexity index is 98.6. The van der Waals surface area contributed by atoms with Crippen molar-refractivity contribution in [2.24, 2.45) is 4.99 Å². The van der Waals surface area contributed by atoms with Gasteiger partial charge in [0.05, 0.1) is 6.26 Å². The monoisotopic (exact) mass is 113 g/mol. The molecular formula is C5H7NO2. The van der Waals surface area contributed by atoms with E-state index in [-0.39, 0.29) is 0 Å². The van der Waals surface area contributed by atoms with Crippen LogP contribution < -0.4 is 0 Å². The van der Waals surface area contributed by atoms with E-state index < -0.39 is 0 Å². The van der Waals surface area contributed by atoms with E-state index in [0.29, 0.717) is 13.0 Å². The number of aliphatic imine (C=N–C) groups is 1. The highest BCUT2D eigenvalue weighted by Gasteiger charge is 1.69. The molecule has 0 aromatic heterocycles. The largest absolute Gasteiger partial charge is 0.496 e. The van der Waals surface area contributed by atoms with Crippen LogP contribution in [0.4, 0.5) is 0 Å². The van der Waals surface area contributed by atoms with E-state index in [0.717, 1.165) is 0 Å². The predicted molar refractivity (Wildman–Crippen MR) is 30.7 cm³/mol. The second kappa shape index (κ2) is 5.88. The fraction of sp³-hybridized carbons (Fsp3) is 0.200. The Morgan fingerprint density at radius 3 is 3.00 bits per heavy atom. The van der Waals surface area contributed by atoms with Crippen LogP contribution in [-0.4, -0.2) is 19.2 Å². The van der Waals surface area contributed by atoms with Crippen LogP contribution in [0, 0.1) is 0 Å². The van der Waals surface area contributed by atoms with Gasteiger partial charge in [-0.2, -0.15) is 0 Å². The minimum absolute atomic E-state index is 0.308. The molecule has 0 fully saturated rings. The first-order chi connectivity index (χ1) is 3.91. The first-order valence-corrected chi connectivity index (χ1v) is 2.09. The first kappa shape index (κ1) is 6.88. The zero-order valence-electron chi connectivity index (χ0n) is 4.41. The van der Waals surface area contributed by atoms with Gasteiger partial charge in [0, 0.05) is 6.21 Å². The molecule has 0 aromatic carbocycles. The van der Waals surface area contributed by atoms with Crippen LogP contribution in [0.3, 0.4) is 0 Å². The standard InChI is InChI=1S/C5H7NO2/c1-2-8-4-3-6-5-7/h2-3,5H,1,4H2. The van der Waals surface area contributed by atoms with Crippen molar-refractivity contribution in [2.75, 3.05) is 6.61 Å². The molecule has 0 rings (SSSR count). The van der Waals surface area contributed by atoms with Crippen molar-refractivity contribution in [2.45, 2.75) is 0 Å². The third-order valence-electron chi connectivity index (χ3n) is 0.455. The number of hydrogen-bond donors (Lipinski definition) is 0. The fourth-order valence-electron chi connectivity index (χ4n) is 0.197. The van der Waals surface area contributed by atoms with E-state index in [1.54, 1.807) is 0 Å². The zero-order chi connectivity index (χ0) is 6.24. The lowest BCUT2D eigenvalue weighted by Crippen LogP contribution is -1.86. The van der Waals surface area contributed by atoms with Gasteiger partial charge in [-0.3, -0.25) is 4.79 Å². The van der Waals surface area contributed by atoms with Gasteiger partial charge in [-0.15, -0.1) is 0 Å². The molecule has 44 valence electrons. The van der Waals surface area contributed by atoms with Crippen LogP contribution in [0.1, 0.15) is 0 Å². The van der Waals surface area contributed by atoms with Gasteiger partial charge < -0.3 is 4.74 Å². The van der Waals surface area contributed by atoms with Crippen molar-refractivity contribution in [1.29, 1.82) is 0 Å². The van der Waals surface area contributed by atoms with Gasteiger partial charge in [0.15, 0.2) is 0 Å².